The Morgan fingerprint density at radius 3 is 0.652 bits per heavy atom. The van der Waals surface area contributed by atoms with E-state index >= 15 is 0 Å². The number of hydrogen-bond donors (Lipinski definition) is 0. The first kappa shape index (κ1) is 43.9. The summed E-state index contributed by atoms with van der Waals surface area (Å²) in [4.78, 5) is 10.5. The molecule has 0 spiro atoms. The van der Waals surface area contributed by atoms with Crippen LogP contribution in [0.2, 0.25) is 0 Å². The maximum absolute atomic E-state index is 2.67. The van der Waals surface area contributed by atoms with Gasteiger partial charge in [0.2, 0.25) is 0 Å². The van der Waals surface area contributed by atoms with Gasteiger partial charge in [-0.1, -0.05) is 66.2 Å². The van der Waals surface area contributed by atoms with Crippen molar-refractivity contribution in [2.45, 2.75) is 247 Å². The highest BCUT2D eigenvalue weighted by Gasteiger charge is 2.34. The van der Waals surface area contributed by atoms with Crippen LogP contribution in [0.4, 0.5) is 0 Å². The first-order valence-electron chi connectivity index (χ1n) is 20.3. The molecule has 0 heterocycles. The molecular formula is C42H88N4. The molecule has 4 nitrogen and oxygen atoms in total. The van der Waals surface area contributed by atoms with E-state index in [-0.39, 0.29) is 0 Å². The summed E-state index contributed by atoms with van der Waals surface area (Å²) in [6.07, 6.45) is 20.0. The largest absolute Gasteiger partial charge is 0.296 e. The van der Waals surface area contributed by atoms with Gasteiger partial charge in [-0.2, -0.15) is 0 Å². The SMILES string of the molecule is CCN(C1CC1)C(C)(C)C.CCN(C1CCC1)C(C)(C)C.CCN(C1CCCC1)C(C)(C)C.CCN(C1CCCCC1)C(C)(C)C. The zero-order valence-electron chi connectivity index (χ0n) is 34.8. The summed E-state index contributed by atoms with van der Waals surface area (Å²) >= 11 is 0. The molecule has 0 N–H and O–H groups in total. The molecule has 0 aromatic carbocycles. The van der Waals surface area contributed by atoms with Crippen LogP contribution in [0.15, 0.2) is 0 Å². The van der Waals surface area contributed by atoms with Crippen LogP contribution in [-0.2, 0) is 0 Å². The molecule has 4 rings (SSSR count). The Morgan fingerprint density at radius 2 is 0.500 bits per heavy atom. The van der Waals surface area contributed by atoms with E-state index in [4.69, 9.17) is 0 Å². The van der Waals surface area contributed by atoms with Gasteiger partial charge in [-0.25, -0.2) is 0 Å². The lowest BCUT2D eigenvalue weighted by atomic mass is 9.88. The lowest BCUT2D eigenvalue weighted by molar-refractivity contribution is 0.0453. The van der Waals surface area contributed by atoms with Crippen molar-refractivity contribution in [2.24, 2.45) is 0 Å². The lowest BCUT2D eigenvalue weighted by Gasteiger charge is -2.45. The van der Waals surface area contributed by atoms with Gasteiger partial charge in [-0.3, -0.25) is 19.6 Å². The second kappa shape index (κ2) is 19.9. The van der Waals surface area contributed by atoms with E-state index < -0.39 is 0 Å². The normalized spacial score (nSPS) is 20.6. The van der Waals surface area contributed by atoms with Crippen molar-refractivity contribution in [2.75, 3.05) is 26.2 Å². The number of rotatable bonds is 8. The van der Waals surface area contributed by atoms with Gasteiger partial charge in [-0.15, -0.1) is 0 Å². The molecule has 4 aliphatic carbocycles. The minimum absolute atomic E-state index is 0.358. The highest BCUT2D eigenvalue weighted by molar-refractivity contribution is 4.91. The van der Waals surface area contributed by atoms with Gasteiger partial charge in [0, 0.05) is 46.3 Å². The molecule has 276 valence electrons. The van der Waals surface area contributed by atoms with E-state index in [0.29, 0.717) is 22.2 Å². The maximum Gasteiger partial charge on any atom is 0.0127 e. The van der Waals surface area contributed by atoms with Gasteiger partial charge < -0.3 is 0 Å². The smallest absolute Gasteiger partial charge is 0.0127 e. The molecule has 0 amide bonds. The molecule has 0 saturated heterocycles. The van der Waals surface area contributed by atoms with Gasteiger partial charge >= 0.3 is 0 Å². The van der Waals surface area contributed by atoms with E-state index in [1.165, 1.54) is 116 Å². The van der Waals surface area contributed by atoms with Crippen molar-refractivity contribution in [3.05, 3.63) is 0 Å². The summed E-state index contributed by atoms with van der Waals surface area (Å²) < 4.78 is 0. The van der Waals surface area contributed by atoms with Gasteiger partial charge in [0.15, 0.2) is 0 Å². The third-order valence-electron chi connectivity index (χ3n) is 11.1. The van der Waals surface area contributed by atoms with Crippen molar-refractivity contribution in [1.82, 2.24) is 19.6 Å². The van der Waals surface area contributed by atoms with Crippen LogP contribution in [0.1, 0.15) is 201 Å². The molecule has 4 aliphatic rings. The van der Waals surface area contributed by atoms with E-state index in [1.807, 2.05) is 0 Å². The van der Waals surface area contributed by atoms with Crippen molar-refractivity contribution in [3.8, 4) is 0 Å². The van der Waals surface area contributed by atoms with Crippen molar-refractivity contribution < 1.29 is 0 Å². The Hall–Kier alpha value is -0.160. The Bertz CT molecular complexity index is 759. The molecule has 0 aromatic heterocycles. The van der Waals surface area contributed by atoms with Gasteiger partial charge in [0.1, 0.15) is 0 Å². The summed E-state index contributed by atoms with van der Waals surface area (Å²) in [7, 11) is 0. The standard InChI is InChI=1S/C12H25N.C11H23N.C10H21N.C9H19N/c1-5-13(12(2,3)4)11-9-7-6-8-10-11;1-5-12(11(2,3)4)10-8-6-7-9-10;1-5-11(10(2,3)4)9-7-6-8-9;1-5-10(8-6-7-8)9(2,3)4/h11H,5-10H2,1-4H3;10H,5-9H2,1-4H3;9H,5-8H2,1-4H3;8H,5-7H2,1-4H3. The predicted molar refractivity (Wildman–Crippen MR) is 208 cm³/mol. The molecule has 0 radical (unpaired) electrons. The molecule has 4 fully saturated rings. The van der Waals surface area contributed by atoms with Crippen LogP contribution in [0.3, 0.4) is 0 Å². The molecular weight excluding hydrogens is 560 g/mol. The van der Waals surface area contributed by atoms with Gasteiger partial charge in [0.25, 0.3) is 0 Å². The van der Waals surface area contributed by atoms with Gasteiger partial charge in [0.05, 0.1) is 0 Å². The van der Waals surface area contributed by atoms with Crippen LogP contribution in [0, 0.1) is 0 Å². The fourth-order valence-corrected chi connectivity index (χ4v) is 8.81. The summed E-state index contributed by atoms with van der Waals surface area (Å²) in [6, 6.07) is 3.53. The van der Waals surface area contributed by atoms with Crippen LogP contribution in [0.5, 0.6) is 0 Å². The molecule has 0 bridgehead atoms. The van der Waals surface area contributed by atoms with Gasteiger partial charge in [-0.05, 0) is 161 Å². The Balaban J connectivity index is 0.000000308. The molecule has 4 heteroatoms. The average molecular weight is 649 g/mol. The van der Waals surface area contributed by atoms with E-state index in [9.17, 15) is 0 Å². The molecule has 0 aliphatic heterocycles. The minimum Gasteiger partial charge on any atom is -0.296 e. The monoisotopic (exact) mass is 649 g/mol. The first-order valence-corrected chi connectivity index (χ1v) is 20.3. The van der Waals surface area contributed by atoms with Crippen molar-refractivity contribution in [1.29, 1.82) is 0 Å². The number of nitrogens with zero attached hydrogens (tertiary/aromatic N) is 4. The second-order valence-corrected chi connectivity index (χ2v) is 18.9. The zero-order chi connectivity index (χ0) is 35.3. The van der Waals surface area contributed by atoms with Crippen molar-refractivity contribution in [3.63, 3.8) is 0 Å². The van der Waals surface area contributed by atoms with Crippen LogP contribution < -0.4 is 0 Å². The Kier molecular flexibility index (Phi) is 19.0. The summed E-state index contributed by atoms with van der Waals surface area (Å²) in [5, 5.41) is 0. The van der Waals surface area contributed by atoms with Crippen molar-refractivity contribution >= 4 is 0 Å². The zero-order valence-corrected chi connectivity index (χ0v) is 34.8. The fourth-order valence-electron chi connectivity index (χ4n) is 8.81. The van der Waals surface area contributed by atoms with E-state index in [2.05, 4.69) is 130 Å². The Labute approximate surface area is 292 Å². The molecule has 46 heavy (non-hydrogen) atoms. The lowest BCUT2D eigenvalue weighted by Crippen LogP contribution is -2.50. The quantitative estimate of drug-likeness (QED) is 0.260. The van der Waals surface area contributed by atoms with Crippen LogP contribution in [-0.4, -0.2) is 92.1 Å². The third-order valence-corrected chi connectivity index (χ3v) is 11.1. The first-order chi connectivity index (χ1) is 21.2. The molecule has 4 saturated carbocycles. The minimum atomic E-state index is 0.358. The second-order valence-electron chi connectivity index (χ2n) is 18.9. The summed E-state index contributed by atoms with van der Waals surface area (Å²) in [6.45, 7) is 41.7. The topological polar surface area (TPSA) is 13.0 Å². The van der Waals surface area contributed by atoms with Crippen LogP contribution in [0.25, 0.3) is 0 Å². The fraction of sp³-hybridized carbons (Fsp3) is 1.00. The molecule has 0 aromatic rings. The highest BCUT2D eigenvalue weighted by atomic mass is 15.2. The van der Waals surface area contributed by atoms with Crippen LogP contribution >= 0.6 is 0 Å². The summed E-state index contributed by atoms with van der Waals surface area (Å²) in [5.41, 5.74) is 1.48. The third kappa shape index (κ3) is 15.6. The molecule has 0 unspecified atom stereocenters. The Morgan fingerprint density at radius 1 is 0.304 bits per heavy atom. The van der Waals surface area contributed by atoms with E-state index in [1.54, 1.807) is 0 Å². The molecule has 0 atom stereocenters. The summed E-state index contributed by atoms with van der Waals surface area (Å²) in [5.74, 6) is 0. The maximum atomic E-state index is 2.67. The predicted octanol–water partition coefficient (Wildman–Crippen LogP) is 11.4. The number of hydrogen-bond acceptors (Lipinski definition) is 4. The van der Waals surface area contributed by atoms with E-state index in [0.717, 1.165) is 24.2 Å². The average Bonchev–Trinajstić information content (AvgIpc) is 3.58. The highest BCUT2D eigenvalue weighted by Crippen LogP contribution is 2.33.